The van der Waals surface area contributed by atoms with Crippen molar-refractivity contribution in [2.24, 2.45) is 5.92 Å². The van der Waals surface area contributed by atoms with Crippen molar-refractivity contribution in [3.05, 3.63) is 23.3 Å². The van der Waals surface area contributed by atoms with E-state index in [4.69, 9.17) is 9.72 Å². The lowest BCUT2D eigenvalue weighted by molar-refractivity contribution is -0.149. The fourth-order valence-corrected chi connectivity index (χ4v) is 4.46. The highest BCUT2D eigenvalue weighted by Crippen LogP contribution is 2.38. The fourth-order valence-electron chi connectivity index (χ4n) is 4.46. The van der Waals surface area contributed by atoms with Gasteiger partial charge in [-0.3, -0.25) is 14.4 Å². The molecule has 1 aromatic heterocycles. The first kappa shape index (κ1) is 18.8. The monoisotopic (exact) mass is 386 g/mol. The maximum Gasteiger partial charge on any atom is 0.307 e. The number of esters is 1. The molecule has 3 aliphatic heterocycles. The van der Waals surface area contributed by atoms with Crippen LogP contribution < -0.4 is 0 Å². The van der Waals surface area contributed by atoms with Crippen LogP contribution in [0.1, 0.15) is 63.2 Å². The number of fused-ring (bicyclic) bond motifs is 1. The van der Waals surface area contributed by atoms with E-state index in [1.807, 2.05) is 4.90 Å². The molecule has 4 rings (SSSR count). The van der Waals surface area contributed by atoms with Gasteiger partial charge in [0.15, 0.2) is 5.82 Å². The third kappa shape index (κ3) is 3.25. The van der Waals surface area contributed by atoms with E-state index in [1.165, 1.54) is 0 Å². The first-order valence-corrected chi connectivity index (χ1v) is 9.89. The van der Waals surface area contributed by atoms with Crippen molar-refractivity contribution in [3.63, 3.8) is 0 Å². The Kier molecular flexibility index (Phi) is 4.59. The van der Waals surface area contributed by atoms with Gasteiger partial charge in [0.25, 0.3) is 0 Å². The van der Waals surface area contributed by atoms with Gasteiger partial charge in [-0.2, -0.15) is 0 Å². The summed E-state index contributed by atoms with van der Waals surface area (Å²) in [7, 11) is 0. The molecule has 150 valence electrons. The Hall–Kier alpha value is -2.51. The van der Waals surface area contributed by atoms with Crippen molar-refractivity contribution in [2.75, 3.05) is 13.1 Å². The molecular formula is C20H26N4O4. The van der Waals surface area contributed by atoms with Crippen molar-refractivity contribution in [3.8, 4) is 0 Å². The SMILES string of the molecule is CC(=O)N1CCc2nc([C@H]3CCCN3C(=O)[C@H]3CC(=O)OC3(C)C)ncc2C1. The van der Waals surface area contributed by atoms with Gasteiger partial charge in [-0.05, 0) is 26.7 Å². The molecule has 0 bridgehead atoms. The highest BCUT2D eigenvalue weighted by molar-refractivity contribution is 5.88. The number of carbonyl (C=O) groups is 3. The number of rotatable bonds is 2. The van der Waals surface area contributed by atoms with Crippen molar-refractivity contribution < 1.29 is 19.1 Å². The molecule has 0 aliphatic carbocycles. The Morgan fingerprint density at radius 3 is 2.75 bits per heavy atom. The van der Waals surface area contributed by atoms with Crippen molar-refractivity contribution >= 4 is 17.8 Å². The predicted molar refractivity (Wildman–Crippen MR) is 98.8 cm³/mol. The summed E-state index contributed by atoms with van der Waals surface area (Å²) in [6.45, 7) is 6.99. The highest BCUT2D eigenvalue weighted by atomic mass is 16.6. The molecule has 0 unspecified atom stereocenters. The summed E-state index contributed by atoms with van der Waals surface area (Å²) in [5, 5.41) is 0. The molecule has 4 heterocycles. The number of likely N-dealkylation sites (tertiary alicyclic amines) is 1. The van der Waals surface area contributed by atoms with Crippen LogP contribution in [-0.2, 0) is 32.1 Å². The number of nitrogens with zero attached hydrogens (tertiary/aromatic N) is 4. The van der Waals surface area contributed by atoms with E-state index in [0.29, 0.717) is 31.9 Å². The number of amides is 2. The van der Waals surface area contributed by atoms with Gasteiger partial charge in [0.1, 0.15) is 5.60 Å². The minimum atomic E-state index is -0.784. The largest absolute Gasteiger partial charge is 0.459 e. The maximum absolute atomic E-state index is 13.2. The summed E-state index contributed by atoms with van der Waals surface area (Å²) >= 11 is 0. The Bertz CT molecular complexity index is 837. The number of carbonyl (C=O) groups excluding carboxylic acids is 3. The fraction of sp³-hybridized carbons (Fsp3) is 0.650. The van der Waals surface area contributed by atoms with E-state index in [1.54, 1.807) is 31.9 Å². The second-order valence-corrected chi connectivity index (χ2v) is 8.41. The molecule has 0 spiro atoms. The second kappa shape index (κ2) is 6.83. The molecule has 2 saturated heterocycles. The third-order valence-corrected chi connectivity index (χ3v) is 6.12. The van der Waals surface area contributed by atoms with Crippen LogP contribution in [0.5, 0.6) is 0 Å². The molecule has 2 fully saturated rings. The molecule has 28 heavy (non-hydrogen) atoms. The average Bonchev–Trinajstić information content (AvgIpc) is 3.23. The Morgan fingerprint density at radius 2 is 2.07 bits per heavy atom. The van der Waals surface area contributed by atoms with Crippen molar-refractivity contribution in [2.45, 2.75) is 64.6 Å². The maximum atomic E-state index is 13.2. The average molecular weight is 386 g/mol. The summed E-state index contributed by atoms with van der Waals surface area (Å²) in [6.07, 6.45) is 4.31. The molecule has 0 saturated carbocycles. The first-order chi connectivity index (χ1) is 13.3. The van der Waals surface area contributed by atoms with E-state index >= 15 is 0 Å². The lowest BCUT2D eigenvalue weighted by atomic mass is 9.89. The topological polar surface area (TPSA) is 92.7 Å². The first-order valence-electron chi connectivity index (χ1n) is 9.89. The van der Waals surface area contributed by atoms with E-state index in [0.717, 1.165) is 24.1 Å². The smallest absolute Gasteiger partial charge is 0.307 e. The van der Waals surface area contributed by atoms with Crippen LogP contribution in [0.25, 0.3) is 0 Å². The summed E-state index contributed by atoms with van der Waals surface area (Å²) in [6, 6.07) is -0.171. The van der Waals surface area contributed by atoms with Crippen LogP contribution in [0.2, 0.25) is 0 Å². The number of hydrogen-bond acceptors (Lipinski definition) is 6. The second-order valence-electron chi connectivity index (χ2n) is 8.41. The molecule has 2 amide bonds. The van der Waals surface area contributed by atoms with E-state index in [2.05, 4.69) is 4.98 Å². The Morgan fingerprint density at radius 1 is 1.29 bits per heavy atom. The van der Waals surface area contributed by atoms with Gasteiger partial charge in [-0.15, -0.1) is 0 Å². The van der Waals surface area contributed by atoms with Gasteiger partial charge >= 0.3 is 5.97 Å². The lowest BCUT2D eigenvalue weighted by Gasteiger charge is -2.31. The molecule has 8 heteroatoms. The van der Waals surface area contributed by atoms with Crippen LogP contribution in [-0.4, -0.2) is 56.2 Å². The minimum Gasteiger partial charge on any atom is -0.459 e. The number of aromatic nitrogens is 2. The number of ether oxygens (including phenoxy) is 1. The van der Waals surface area contributed by atoms with Gasteiger partial charge in [-0.25, -0.2) is 9.97 Å². The van der Waals surface area contributed by atoms with Gasteiger partial charge < -0.3 is 14.5 Å². The molecule has 0 radical (unpaired) electrons. The van der Waals surface area contributed by atoms with Crippen LogP contribution in [0.3, 0.4) is 0 Å². The van der Waals surface area contributed by atoms with Gasteiger partial charge in [0.2, 0.25) is 11.8 Å². The summed E-state index contributed by atoms with van der Waals surface area (Å²) in [5.74, 6) is -0.133. The van der Waals surface area contributed by atoms with Crippen molar-refractivity contribution in [1.82, 2.24) is 19.8 Å². The third-order valence-electron chi connectivity index (χ3n) is 6.12. The zero-order chi connectivity index (χ0) is 20.1. The van der Waals surface area contributed by atoms with E-state index in [9.17, 15) is 14.4 Å². The standard InChI is InChI=1S/C20H26N4O4/c1-12(25)23-8-6-15-13(11-23)10-21-18(22-15)16-5-4-7-24(16)19(27)14-9-17(26)28-20(14,2)3/h10,14,16H,4-9,11H2,1-3H3/t14-,16-/m1/s1. The Balaban J connectivity index is 1.55. The molecule has 8 nitrogen and oxygen atoms in total. The molecule has 0 aromatic carbocycles. The summed E-state index contributed by atoms with van der Waals surface area (Å²) in [5.41, 5.74) is 1.15. The molecule has 1 aromatic rings. The number of hydrogen-bond donors (Lipinski definition) is 0. The van der Waals surface area contributed by atoms with Crippen LogP contribution in [0, 0.1) is 5.92 Å². The number of cyclic esters (lactones) is 1. The van der Waals surface area contributed by atoms with E-state index < -0.39 is 11.5 Å². The zero-order valence-corrected chi connectivity index (χ0v) is 16.6. The molecule has 0 N–H and O–H groups in total. The normalized spacial score (nSPS) is 26.2. The van der Waals surface area contributed by atoms with Gasteiger partial charge in [0.05, 0.1) is 24.1 Å². The Labute approximate surface area is 164 Å². The van der Waals surface area contributed by atoms with E-state index in [-0.39, 0.29) is 30.2 Å². The molecular weight excluding hydrogens is 360 g/mol. The van der Waals surface area contributed by atoms with Crippen LogP contribution in [0.4, 0.5) is 0 Å². The van der Waals surface area contributed by atoms with Gasteiger partial charge in [0, 0.05) is 44.7 Å². The molecule has 2 atom stereocenters. The van der Waals surface area contributed by atoms with Crippen LogP contribution in [0.15, 0.2) is 6.20 Å². The highest BCUT2D eigenvalue weighted by Gasteiger charge is 2.49. The summed E-state index contributed by atoms with van der Waals surface area (Å²) < 4.78 is 5.34. The van der Waals surface area contributed by atoms with Crippen LogP contribution >= 0.6 is 0 Å². The minimum absolute atomic E-state index is 0.0533. The predicted octanol–water partition coefficient (Wildman–Crippen LogP) is 1.39. The van der Waals surface area contributed by atoms with Crippen molar-refractivity contribution in [1.29, 1.82) is 0 Å². The van der Waals surface area contributed by atoms with Gasteiger partial charge in [-0.1, -0.05) is 0 Å². The zero-order valence-electron chi connectivity index (χ0n) is 16.6. The lowest BCUT2D eigenvalue weighted by Crippen LogP contribution is -2.43. The quantitative estimate of drug-likeness (QED) is 0.713. The molecule has 3 aliphatic rings. The summed E-state index contributed by atoms with van der Waals surface area (Å²) in [4.78, 5) is 49.4.